The molecule has 0 aliphatic carbocycles. The number of para-hydroxylation sites is 1. The van der Waals surface area contributed by atoms with Crippen molar-refractivity contribution < 1.29 is 9.53 Å². The number of hydrogen-bond acceptors (Lipinski definition) is 3. The molecule has 0 radical (unpaired) electrons. The van der Waals surface area contributed by atoms with E-state index in [2.05, 4.69) is 71.5 Å². The van der Waals surface area contributed by atoms with Gasteiger partial charge >= 0.3 is 0 Å². The summed E-state index contributed by atoms with van der Waals surface area (Å²) in [6.45, 7) is 4.41. The van der Waals surface area contributed by atoms with Crippen LogP contribution < -0.4 is 5.32 Å². The van der Waals surface area contributed by atoms with Gasteiger partial charge in [0.25, 0.3) is 0 Å². The first kappa shape index (κ1) is 19.1. The number of carbonyl (C=O) groups is 1. The van der Waals surface area contributed by atoms with Crippen LogP contribution >= 0.6 is 11.8 Å². The van der Waals surface area contributed by atoms with Gasteiger partial charge in [-0.15, -0.1) is 11.8 Å². The van der Waals surface area contributed by atoms with E-state index in [1.807, 2.05) is 0 Å². The van der Waals surface area contributed by atoms with Crippen LogP contribution in [0.2, 0.25) is 0 Å². The van der Waals surface area contributed by atoms with Crippen LogP contribution in [0.1, 0.15) is 24.0 Å². The fourth-order valence-corrected chi connectivity index (χ4v) is 4.58. The molecule has 1 aliphatic heterocycles. The quantitative estimate of drug-likeness (QED) is 0.605. The van der Waals surface area contributed by atoms with E-state index in [4.69, 9.17) is 4.74 Å². The highest BCUT2D eigenvalue weighted by molar-refractivity contribution is 8.00. The fraction of sp³-hybridized carbons (Fsp3) is 0.348. The summed E-state index contributed by atoms with van der Waals surface area (Å²) in [7, 11) is 0. The highest BCUT2D eigenvalue weighted by Crippen LogP contribution is 2.30. The molecule has 1 aliphatic rings. The molecule has 1 aromatic heterocycles. The highest BCUT2D eigenvalue weighted by Gasteiger charge is 2.17. The van der Waals surface area contributed by atoms with E-state index >= 15 is 0 Å². The Morgan fingerprint density at radius 1 is 1.21 bits per heavy atom. The molecule has 146 valence electrons. The number of nitrogens with zero attached hydrogens (tertiary/aromatic N) is 1. The third-order valence-corrected chi connectivity index (χ3v) is 6.31. The van der Waals surface area contributed by atoms with E-state index in [9.17, 15) is 4.79 Å². The van der Waals surface area contributed by atoms with E-state index in [1.165, 1.54) is 22.0 Å². The van der Waals surface area contributed by atoms with Crippen LogP contribution in [0.3, 0.4) is 0 Å². The maximum atomic E-state index is 12.3. The van der Waals surface area contributed by atoms with Crippen molar-refractivity contribution in [1.82, 2.24) is 9.88 Å². The minimum atomic E-state index is 0.0660. The van der Waals surface area contributed by atoms with E-state index in [1.54, 1.807) is 11.8 Å². The van der Waals surface area contributed by atoms with Crippen molar-refractivity contribution in [2.75, 3.05) is 18.9 Å². The van der Waals surface area contributed by atoms with Gasteiger partial charge in [-0.05, 0) is 37.0 Å². The number of carbonyl (C=O) groups excluding carboxylic acids is 1. The van der Waals surface area contributed by atoms with Crippen molar-refractivity contribution in [2.45, 2.75) is 37.3 Å². The van der Waals surface area contributed by atoms with Crippen molar-refractivity contribution in [3.63, 3.8) is 0 Å². The fourth-order valence-electron chi connectivity index (χ4n) is 3.66. The van der Waals surface area contributed by atoms with Crippen LogP contribution in [0.15, 0.2) is 59.6 Å². The van der Waals surface area contributed by atoms with Gasteiger partial charge < -0.3 is 14.6 Å². The van der Waals surface area contributed by atoms with Gasteiger partial charge in [0, 0.05) is 41.7 Å². The molecule has 2 heterocycles. The second kappa shape index (κ2) is 8.84. The molecule has 2 aromatic carbocycles. The zero-order valence-corrected chi connectivity index (χ0v) is 17.0. The van der Waals surface area contributed by atoms with Crippen molar-refractivity contribution in [3.8, 4) is 0 Å². The van der Waals surface area contributed by atoms with Gasteiger partial charge in [0.05, 0.1) is 11.9 Å². The smallest absolute Gasteiger partial charge is 0.230 e. The molecule has 0 bridgehead atoms. The minimum Gasteiger partial charge on any atom is -0.376 e. The summed E-state index contributed by atoms with van der Waals surface area (Å²) >= 11 is 1.60. The normalized spacial score (nSPS) is 16.5. The highest BCUT2D eigenvalue weighted by atomic mass is 32.2. The molecule has 0 saturated carbocycles. The van der Waals surface area contributed by atoms with Gasteiger partial charge in [-0.25, -0.2) is 0 Å². The van der Waals surface area contributed by atoms with Gasteiger partial charge in [-0.3, -0.25) is 4.79 Å². The van der Waals surface area contributed by atoms with Crippen LogP contribution in [-0.2, 0) is 16.1 Å². The van der Waals surface area contributed by atoms with Crippen LogP contribution in [0.25, 0.3) is 10.9 Å². The molecule has 1 saturated heterocycles. The molecule has 0 unspecified atom stereocenters. The summed E-state index contributed by atoms with van der Waals surface area (Å²) < 4.78 is 7.85. The summed E-state index contributed by atoms with van der Waals surface area (Å²) in [5.74, 6) is 0.488. The van der Waals surface area contributed by atoms with Crippen LogP contribution in [0, 0.1) is 6.92 Å². The van der Waals surface area contributed by atoms with Gasteiger partial charge in [-0.2, -0.15) is 0 Å². The Balaban J connectivity index is 1.45. The number of rotatable bonds is 7. The van der Waals surface area contributed by atoms with E-state index in [0.29, 0.717) is 12.3 Å². The Morgan fingerprint density at radius 2 is 2.04 bits per heavy atom. The number of fused-ring (bicyclic) bond motifs is 1. The summed E-state index contributed by atoms with van der Waals surface area (Å²) in [5.41, 5.74) is 3.81. The maximum absolute atomic E-state index is 12.3. The van der Waals surface area contributed by atoms with E-state index < -0.39 is 0 Å². The van der Waals surface area contributed by atoms with Crippen LogP contribution in [0.4, 0.5) is 0 Å². The summed E-state index contributed by atoms with van der Waals surface area (Å²) in [6.07, 6.45) is 4.50. The third-order valence-electron chi connectivity index (χ3n) is 5.26. The Bertz CT molecular complexity index is 960. The van der Waals surface area contributed by atoms with Gasteiger partial charge in [0.15, 0.2) is 0 Å². The van der Waals surface area contributed by atoms with Crippen molar-refractivity contribution in [1.29, 1.82) is 0 Å². The van der Waals surface area contributed by atoms with Gasteiger partial charge in [-0.1, -0.05) is 42.5 Å². The molecule has 3 aromatic rings. The number of nitrogens with one attached hydrogen (secondary N) is 1. The van der Waals surface area contributed by atoms with E-state index in [0.717, 1.165) is 30.9 Å². The lowest BCUT2D eigenvalue weighted by Crippen LogP contribution is -2.32. The van der Waals surface area contributed by atoms with Gasteiger partial charge in [0.1, 0.15) is 0 Å². The Labute approximate surface area is 170 Å². The predicted octanol–water partition coefficient (Wildman–Crippen LogP) is 4.39. The first-order valence-electron chi connectivity index (χ1n) is 9.84. The topological polar surface area (TPSA) is 43.3 Å². The van der Waals surface area contributed by atoms with Crippen molar-refractivity contribution in [3.05, 3.63) is 65.9 Å². The molecular formula is C23H26N2O2S. The average Bonchev–Trinajstić information content (AvgIpc) is 3.35. The summed E-state index contributed by atoms with van der Waals surface area (Å²) in [6, 6.07) is 16.9. The van der Waals surface area contributed by atoms with E-state index in [-0.39, 0.29) is 12.0 Å². The largest absolute Gasteiger partial charge is 0.376 e. The molecule has 1 fully saturated rings. The zero-order chi connectivity index (χ0) is 19.3. The zero-order valence-electron chi connectivity index (χ0n) is 16.2. The molecule has 4 nitrogen and oxygen atoms in total. The van der Waals surface area contributed by atoms with Gasteiger partial charge in [0.2, 0.25) is 5.91 Å². The Morgan fingerprint density at radius 3 is 2.86 bits per heavy atom. The molecule has 1 amide bonds. The molecule has 28 heavy (non-hydrogen) atoms. The second-order valence-corrected chi connectivity index (χ2v) is 8.31. The summed E-state index contributed by atoms with van der Waals surface area (Å²) in [4.78, 5) is 13.4. The second-order valence-electron chi connectivity index (χ2n) is 7.29. The average molecular weight is 395 g/mol. The predicted molar refractivity (Wildman–Crippen MR) is 115 cm³/mol. The first-order valence-corrected chi connectivity index (χ1v) is 10.8. The number of thioether (sulfide) groups is 1. The monoisotopic (exact) mass is 394 g/mol. The number of benzene rings is 2. The lowest BCUT2D eigenvalue weighted by atomic mass is 10.1. The number of aromatic nitrogens is 1. The number of ether oxygens (including phenoxy) is 1. The molecule has 1 atom stereocenters. The minimum absolute atomic E-state index is 0.0660. The SMILES string of the molecule is Cc1ccccc1Cn1cc(SCC(=O)NC[C@H]2CCCO2)c2ccccc21. The van der Waals surface area contributed by atoms with Crippen molar-refractivity contribution >= 4 is 28.6 Å². The van der Waals surface area contributed by atoms with Crippen molar-refractivity contribution in [2.24, 2.45) is 0 Å². The number of hydrogen-bond donors (Lipinski definition) is 1. The molecule has 0 spiro atoms. The number of aryl methyl sites for hydroxylation is 1. The summed E-state index contributed by atoms with van der Waals surface area (Å²) in [5, 5.41) is 4.21. The number of amides is 1. The molecule has 1 N–H and O–H groups in total. The molecular weight excluding hydrogens is 368 g/mol. The standard InChI is InChI=1S/C23H26N2O2S/c1-17-7-2-3-8-18(17)14-25-15-22(20-10-4-5-11-21(20)25)28-16-23(26)24-13-19-9-6-12-27-19/h2-5,7-8,10-11,15,19H,6,9,12-14,16H2,1H3,(H,24,26)/t19-/m1/s1. The lowest BCUT2D eigenvalue weighted by Gasteiger charge is -2.10. The Hall–Kier alpha value is -2.24. The Kier molecular flexibility index (Phi) is 6.03. The molecule has 5 heteroatoms. The maximum Gasteiger partial charge on any atom is 0.230 e. The lowest BCUT2D eigenvalue weighted by molar-refractivity contribution is -0.119. The van der Waals surface area contributed by atoms with Crippen LogP contribution in [0.5, 0.6) is 0 Å². The first-order chi connectivity index (χ1) is 13.7. The molecule has 4 rings (SSSR count). The van der Waals surface area contributed by atoms with Crippen LogP contribution in [-0.4, -0.2) is 35.5 Å². The third kappa shape index (κ3) is 4.42.